The highest BCUT2D eigenvalue weighted by molar-refractivity contribution is 7.89. The molecule has 1 aromatic heterocycles. The molecule has 2 rings (SSSR count). The SMILES string of the molecule is Nc1ncccc1S(=O)(=O)NCC1CC=CCC1. The second kappa shape index (κ2) is 5.49. The molecule has 0 amide bonds. The molecule has 6 heteroatoms. The fraction of sp³-hybridized carbons (Fsp3) is 0.417. The van der Waals surface area contributed by atoms with Gasteiger partial charge in [0, 0.05) is 12.7 Å². The molecule has 1 unspecified atom stereocenters. The molecule has 1 aliphatic carbocycles. The molecular weight excluding hydrogens is 250 g/mol. The van der Waals surface area contributed by atoms with E-state index in [1.165, 1.54) is 12.3 Å². The lowest BCUT2D eigenvalue weighted by molar-refractivity contribution is 0.468. The Morgan fingerprint density at radius 1 is 1.44 bits per heavy atom. The lowest BCUT2D eigenvalue weighted by Gasteiger charge is -2.18. The van der Waals surface area contributed by atoms with Crippen molar-refractivity contribution in [1.29, 1.82) is 0 Å². The quantitative estimate of drug-likeness (QED) is 0.805. The minimum absolute atomic E-state index is 0.0357. The molecule has 1 aromatic rings. The van der Waals surface area contributed by atoms with Crippen molar-refractivity contribution in [3.8, 4) is 0 Å². The van der Waals surface area contributed by atoms with E-state index in [0.29, 0.717) is 12.5 Å². The van der Waals surface area contributed by atoms with Crippen LogP contribution >= 0.6 is 0 Å². The summed E-state index contributed by atoms with van der Waals surface area (Å²) < 4.78 is 26.7. The number of aromatic nitrogens is 1. The van der Waals surface area contributed by atoms with E-state index in [-0.39, 0.29) is 10.7 Å². The van der Waals surface area contributed by atoms with E-state index >= 15 is 0 Å². The van der Waals surface area contributed by atoms with Gasteiger partial charge in [-0.2, -0.15) is 0 Å². The number of pyridine rings is 1. The second-order valence-corrected chi connectivity index (χ2v) is 6.12. The van der Waals surface area contributed by atoms with Crippen molar-refractivity contribution in [3.63, 3.8) is 0 Å². The van der Waals surface area contributed by atoms with E-state index in [1.54, 1.807) is 6.07 Å². The molecule has 0 fully saturated rings. The molecule has 1 aliphatic rings. The predicted molar refractivity (Wildman–Crippen MR) is 70.3 cm³/mol. The Kier molecular flexibility index (Phi) is 3.98. The van der Waals surface area contributed by atoms with Gasteiger partial charge < -0.3 is 5.73 Å². The van der Waals surface area contributed by atoms with E-state index in [1.807, 2.05) is 0 Å². The number of sulfonamides is 1. The zero-order valence-corrected chi connectivity index (χ0v) is 10.9. The molecule has 98 valence electrons. The third-order valence-electron chi connectivity index (χ3n) is 3.03. The Morgan fingerprint density at radius 2 is 2.28 bits per heavy atom. The third-order valence-corrected chi connectivity index (χ3v) is 4.50. The summed E-state index contributed by atoms with van der Waals surface area (Å²) in [5, 5.41) is 0. The monoisotopic (exact) mass is 267 g/mol. The van der Waals surface area contributed by atoms with Crippen LogP contribution in [-0.2, 0) is 10.0 Å². The zero-order chi connectivity index (χ0) is 13.0. The molecule has 0 bridgehead atoms. The smallest absolute Gasteiger partial charge is 0.244 e. The molecular formula is C12H17N3O2S. The van der Waals surface area contributed by atoms with Gasteiger partial charge in [0.25, 0.3) is 0 Å². The van der Waals surface area contributed by atoms with Gasteiger partial charge in [0.2, 0.25) is 10.0 Å². The van der Waals surface area contributed by atoms with Gasteiger partial charge in [-0.15, -0.1) is 0 Å². The van der Waals surface area contributed by atoms with Gasteiger partial charge in [-0.3, -0.25) is 0 Å². The van der Waals surface area contributed by atoms with Gasteiger partial charge in [0.1, 0.15) is 10.7 Å². The van der Waals surface area contributed by atoms with Gasteiger partial charge in [-0.25, -0.2) is 18.1 Å². The summed E-state index contributed by atoms with van der Waals surface area (Å²) in [5.74, 6) is 0.399. The van der Waals surface area contributed by atoms with Gasteiger partial charge in [0.15, 0.2) is 0 Å². The van der Waals surface area contributed by atoms with Crippen molar-refractivity contribution in [1.82, 2.24) is 9.71 Å². The van der Waals surface area contributed by atoms with Gasteiger partial charge >= 0.3 is 0 Å². The number of nitrogens with one attached hydrogen (secondary N) is 1. The number of nitrogen functional groups attached to an aromatic ring is 1. The van der Waals surface area contributed by atoms with E-state index < -0.39 is 10.0 Å². The fourth-order valence-corrected chi connectivity index (χ4v) is 3.17. The largest absolute Gasteiger partial charge is 0.383 e. The highest BCUT2D eigenvalue weighted by atomic mass is 32.2. The van der Waals surface area contributed by atoms with E-state index in [0.717, 1.165) is 19.3 Å². The van der Waals surface area contributed by atoms with Crippen molar-refractivity contribution in [2.45, 2.75) is 24.2 Å². The minimum atomic E-state index is -3.55. The predicted octanol–water partition coefficient (Wildman–Crippen LogP) is 1.30. The van der Waals surface area contributed by atoms with Crippen LogP contribution in [0.15, 0.2) is 35.4 Å². The summed E-state index contributed by atoms with van der Waals surface area (Å²) in [6.07, 6.45) is 8.65. The molecule has 0 saturated carbocycles. The summed E-state index contributed by atoms with van der Waals surface area (Å²) in [5.41, 5.74) is 5.57. The van der Waals surface area contributed by atoms with Crippen LogP contribution in [0.2, 0.25) is 0 Å². The fourth-order valence-electron chi connectivity index (χ4n) is 1.98. The zero-order valence-electron chi connectivity index (χ0n) is 10.0. The lowest BCUT2D eigenvalue weighted by Crippen LogP contribution is -2.30. The topological polar surface area (TPSA) is 85.1 Å². The number of rotatable bonds is 4. The summed E-state index contributed by atoms with van der Waals surface area (Å²) in [6, 6.07) is 3.03. The number of anilines is 1. The van der Waals surface area contributed by atoms with Crippen LogP contribution in [0.4, 0.5) is 5.82 Å². The maximum absolute atomic E-state index is 12.0. The van der Waals surface area contributed by atoms with Crippen molar-refractivity contribution in [3.05, 3.63) is 30.5 Å². The standard InChI is InChI=1S/C12H17N3O2S/c13-12-11(7-4-8-14-12)18(16,17)15-9-10-5-2-1-3-6-10/h1-2,4,7-8,10,15H,3,5-6,9H2,(H2,13,14). The first kappa shape index (κ1) is 13.0. The Balaban J connectivity index is 2.04. The molecule has 0 aromatic carbocycles. The van der Waals surface area contributed by atoms with Crippen molar-refractivity contribution >= 4 is 15.8 Å². The molecule has 5 nitrogen and oxygen atoms in total. The van der Waals surface area contributed by atoms with Crippen LogP contribution in [0.25, 0.3) is 0 Å². The van der Waals surface area contributed by atoms with Crippen LogP contribution in [0.5, 0.6) is 0 Å². The number of nitrogens with zero attached hydrogens (tertiary/aromatic N) is 1. The van der Waals surface area contributed by atoms with E-state index in [2.05, 4.69) is 21.9 Å². The molecule has 0 spiro atoms. The summed E-state index contributed by atoms with van der Waals surface area (Å²) in [4.78, 5) is 3.84. The molecule has 0 saturated heterocycles. The van der Waals surface area contributed by atoms with Crippen LogP contribution in [0.3, 0.4) is 0 Å². The first-order valence-corrected chi connectivity index (χ1v) is 7.43. The van der Waals surface area contributed by atoms with Crippen molar-refractivity contribution in [2.75, 3.05) is 12.3 Å². The van der Waals surface area contributed by atoms with Crippen LogP contribution in [-0.4, -0.2) is 19.9 Å². The third kappa shape index (κ3) is 3.08. The number of hydrogen-bond donors (Lipinski definition) is 2. The second-order valence-electron chi connectivity index (χ2n) is 4.39. The molecule has 1 atom stereocenters. The molecule has 0 aliphatic heterocycles. The maximum Gasteiger partial charge on any atom is 0.244 e. The first-order valence-electron chi connectivity index (χ1n) is 5.95. The average molecular weight is 267 g/mol. The van der Waals surface area contributed by atoms with Crippen molar-refractivity contribution < 1.29 is 8.42 Å². The van der Waals surface area contributed by atoms with E-state index in [9.17, 15) is 8.42 Å². The Morgan fingerprint density at radius 3 is 2.94 bits per heavy atom. The molecule has 1 heterocycles. The molecule has 3 N–H and O–H groups in total. The summed E-state index contributed by atoms with van der Waals surface area (Å²) >= 11 is 0. The highest BCUT2D eigenvalue weighted by Crippen LogP contribution is 2.19. The maximum atomic E-state index is 12.0. The van der Waals surface area contributed by atoms with Crippen LogP contribution < -0.4 is 10.5 Å². The molecule has 18 heavy (non-hydrogen) atoms. The number of hydrogen-bond acceptors (Lipinski definition) is 4. The Hall–Kier alpha value is -1.40. The summed E-state index contributed by atoms with van der Waals surface area (Å²) in [6.45, 7) is 0.445. The normalized spacial score (nSPS) is 19.9. The molecule has 0 radical (unpaired) electrons. The van der Waals surface area contributed by atoms with Crippen LogP contribution in [0, 0.1) is 5.92 Å². The lowest BCUT2D eigenvalue weighted by atomic mass is 9.95. The van der Waals surface area contributed by atoms with Crippen LogP contribution in [0.1, 0.15) is 19.3 Å². The van der Waals surface area contributed by atoms with Gasteiger partial charge in [-0.05, 0) is 37.3 Å². The number of nitrogens with two attached hydrogens (primary N) is 1. The Labute approximate surface area is 107 Å². The first-order chi connectivity index (χ1) is 8.59. The van der Waals surface area contributed by atoms with Gasteiger partial charge in [0.05, 0.1) is 0 Å². The van der Waals surface area contributed by atoms with E-state index in [4.69, 9.17) is 5.73 Å². The number of allylic oxidation sites excluding steroid dienone is 2. The minimum Gasteiger partial charge on any atom is -0.383 e. The highest BCUT2D eigenvalue weighted by Gasteiger charge is 2.19. The average Bonchev–Trinajstić information content (AvgIpc) is 2.38. The van der Waals surface area contributed by atoms with Gasteiger partial charge in [-0.1, -0.05) is 12.2 Å². The van der Waals surface area contributed by atoms with Crippen molar-refractivity contribution in [2.24, 2.45) is 5.92 Å². The summed E-state index contributed by atoms with van der Waals surface area (Å²) in [7, 11) is -3.55. The Bertz CT molecular complexity index is 540.